The fourth-order valence-electron chi connectivity index (χ4n) is 0. The zero-order chi connectivity index (χ0) is 5.21. The van der Waals surface area contributed by atoms with Crippen LogP contribution in [0.3, 0.4) is 0 Å². The van der Waals surface area contributed by atoms with Gasteiger partial charge in [-0.25, -0.2) is 0 Å². The predicted molar refractivity (Wildman–Crippen MR) is 23.4 cm³/mol. The molecule has 6 heteroatoms. The molecule has 0 saturated carbocycles. The van der Waals surface area contributed by atoms with Gasteiger partial charge < -0.3 is 4.55 Å². The Bertz CT molecular complexity index is 44.7. The minimum absolute atomic E-state index is 0. The van der Waals surface area contributed by atoms with Gasteiger partial charge in [-0.3, -0.25) is 0 Å². The van der Waals surface area contributed by atoms with Crippen molar-refractivity contribution in [3.63, 3.8) is 0 Å². The summed E-state index contributed by atoms with van der Waals surface area (Å²) in [5, 5.41) is 0. The van der Waals surface area contributed by atoms with E-state index in [9.17, 15) is 13.2 Å². The third-order valence-electron chi connectivity index (χ3n) is 0.104. The second kappa shape index (κ2) is 3.67. The Morgan fingerprint density at radius 1 is 1.29 bits per heavy atom. The molecule has 0 bridgehead atoms. The van der Waals surface area contributed by atoms with E-state index in [0.717, 1.165) is 0 Å². The summed E-state index contributed by atoms with van der Waals surface area (Å²) >= 11 is -1.12. The molecule has 0 amide bonds. The summed E-state index contributed by atoms with van der Waals surface area (Å²) in [5.41, 5.74) is -4.49. The fourth-order valence-corrected chi connectivity index (χ4v) is 0. The molecule has 0 atom stereocenters. The average molecular weight is 126 g/mol. The monoisotopic (exact) mass is 126 g/mol. The van der Waals surface area contributed by atoms with Crippen molar-refractivity contribution in [2.75, 3.05) is 0 Å². The first-order chi connectivity index (χ1) is 2.56. The first-order valence-electron chi connectivity index (χ1n) is 0.954. The Kier molecular flexibility index (Phi) is 5.58. The molecule has 0 fully saturated rings. The second-order valence-corrected chi connectivity index (χ2v) is 1.18. The van der Waals surface area contributed by atoms with Gasteiger partial charge in [-0.05, 0) is 0 Å². The topological polar surface area (TPSA) is 20.2 Å². The summed E-state index contributed by atoms with van der Waals surface area (Å²) in [4.78, 5) is 0. The van der Waals surface area contributed by atoms with Crippen LogP contribution in [0.4, 0.5) is 13.2 Å². The van der Waals surface area contributed by atoms with Gasteiger partial charge in [0, 0.05) is 0 Å². The molecule has 0 rings (SSSR count). The van der Waals surface area contributed by atoms with E-state index in [1.807, 2.05) is 0 Å². The van der Waals surface area contributed by atoms with E-state index in [2.05, 4.69) is 0 Å². The Labute approximate surface area is 54.7 Å². The van der Waals surface area contributed by atoms with Crippen molar-refractivity contribution < 1.29 is 17.7 Å². The molecule has 0 aromatic rings. The van der Waals surface area contributed by atoms with E-state index in [-0.39, 0.29) is 18.9 Å². The molecule has 1 N–H and O–H groups in total. The van der Waals surface area contributed by atoms with Crippen LogP contribution in [0.1, 0.15) is 0 Å². The van der Waals surface area contributed by atoms with Crippen molar-refractivity contribution in [1.82, 2.24) is 0 Å². The summed E-state index contributed by atoms with van der Waals surface area (Å²) in [6.45, 7) is 0. The number of rotatable bonds is 0. The van der Waals surface area contributed by atoms with Gasteiger partial charge in [-0.2, -0.15) is 13.2 Å². The van der Waals surface area contributed by atoms with Crippen molar-refractivity contribution in [3.05, 3.63) is 0 Å². The molecule has 0 aliphatic heterocycles. The van der Waals surface area contributed by atoms with Gasteiger partial charge in [0.2, 0.25) is 0 Å². The van der Waals surface area contributed by atoms with Crippen LogP contribution in [0.25, 0.3) is 0 Å². The van der Waals surface area contributed by atoms with Crippen LogP contribution in [-0.4, -0.2) is 28.9 Å². The van der Waals surface area contributed by atoms with Crippen LogP contribution in [0.2, 0.25) is 0 Å². The van der Waals surface area contributed by atoms with Crippen LogP contribution in [0.5, 0.6) is 0 Å². The van der Waals surface area contributed by atoms with Crippen molar-refractivity contribution >= 4 is 30.9 Å². The van der Waals surface area contributed by atoms with Crippen LogP contribution in [-0.2, 0) is 0 Å². The molecule has 0 radical (unpaired) electrons. The summed E-state index contributed by atoms with van der Waals surface area (Å²) in [6.07, 6.45) is 0. The number of hydrogen-bond acceptors (Lipinski definition) is 2. The molecule has 0 aliphatic carbocycles. The molecule has 0 aromatic carbocycles. The molecular weight excluding hydrogens is 124 g/mol. The first-order valence-corrected chi connectivity index (χ1v) is 1.73. The second-order valence-electron chi connectivity index (χ2n) is 0.537. The normalized spacial score (nSPS) is 10.3. The van der Waals surface area contributed by atoms with Gasteiger partial charge in [0.25, 0.3) is 0 Å². The molecule has 0 heterocycles. The zero-order valence-electron chi connectivity index (χ0n) is 2.49. The number of alkyl halides is 3. The maximum atomic E-state index is 10.5. The standard InChI is InChI=1S/CHF3OS.Li.H/c2-1(3,4)6-5;;/h5H;;. The van der Waals surface area contributed by atoms with Gasteiger partial charge in [0.05, 0.1) is 0 Å². The van der Waals surface area contributed by atoms with E-state index < -0.39 is 17.6 Å². The molecule has 0 saturated heterocycles. The van der Waals surface area contributed by atoms with E-state index in [0.29, 0.717) is 0 Å². The minimum atomic E-state index is -4.49. The molecule has 40 valence electrons. The van der Waals surface area contributed by atoms with E-state index >= 15 is 0 Å². The van der Waals surface area contributed by atoms with Gasteiger partial charge in [0.15, 0.2) is 0 Å². The van der Waals surface area contributed by atoms with Crippen molar-refractivity contribution in [1.29, 1.82) is 0 Å². The number of hydrogen-bond donors (Lipinski definition) is 1. The third kappa shape index (κ3) is 10.8. The average Bonchev–Trinajstić information content (AvgIpc) is 1.35. The van der Waals surface area contributed by atoms with Gasteiger partial charge in [-0.15, -0.1) is 0 Å². The molecule has 0 unspecified atom stereocenters. The van der Waals surface area contributed by atoms with E-state index in [1.54, 1.807) is 0 Å². The Morgan fingerprint density at radius 3 is 1.43 bits per heavy atom. The summed E-state index contributed by atoms with van der Waals surface area (Å²) < 4.78 is 38.7. The summed E-state index contributed by atoms with van der Waals surface area (Å²) in [7, 11) is 0. The first kappa shape index (κ1) is 10.6. The van der Waals surface area contributed by atoms with Crippen LogP contribution in [0, 0.1) is 0 Å². The Balaban J connectivity index is 0. The zero-order valence-corrected chi connectivity index (χ0v) is 3.31. The molecular formula is CH2F3LiOS. The maximum absolute atomic E-state index is 10.5. The number of halogens is 3. The predicted octanol–water partition coefficient (Wildman–Crippen LogP) is 1.06. The molecule has 1 nitrogen and oxygen atoms in total. The molecule has 7 heavy (non-hydrogen) atoms. The van der Waals surface area contributed by atoms with Crippen LogP contribution >= 0.6 is 12.0 Å². The quantitative estimate of drug-likeness (QED) is 0.387. The van der Waals surface area contributed by atoms with Gasteiger partial charge in [-0.1, -0.05) is 0 Å². The van der Waals surface area contributed by atoms with Gasteiger partial charge >= 0.3 is 24.4 Å². The van der Waals surface area contributed by atoms with Gasteiger partial charge in [0.1, 0.15) is 12.0 Å². The Morgan fingerprint density at radius 2 is 1.43 bits per heavy atom. The summed E-state index contributed by atoms with van der Waals surface area (Å²) in [5.74, 6) is 0. The SMILES string of the molecule is OSC(F)(F)F.[LiH]. The fraction of sp³-hybridized carbons (Fsp3) is 1.00. The van der Waals surface area contributed by atoms with Crippen LogP contribution < -0.4 is 0 Å². The van der Waals surface area contributed by atoms with Crippen molar-refractivity contribution in [3.8, 4) is 0 Å². The van der Waals surface area contributed by atoms with Crippen molar-refractivity contribution in [2.45, 2.75) is 5.51 Å². The van der Waals surface area contributed by atoms with E-state index in [1.165, 1.54) is 0 Å². The van der Waals surface area contributed by atoms with Crippen LogP contribution in [0.15, 0.2) is 0 Å². The third-order valence-corrected chi connectivity index (χ3v) is 0.311. The molecule has 0 aliphatic rings. The molecule has 0 spiro atoms. The van der Waals surface area contributed by atoms with Crippen molar-refractivity contribution in [2.24, 2.45) is 0 Å². The van der Waals surface area contributed by atoms with E-state index in [4.69, 9.17) is 4.55 Å². The Hall–Kier alpha value is 0.697. The summed E-state index contributed by atoms with van der Waals surface area (Å²) in [6, 6.07) is 0. The molecule has 0 aromatic heterocycles.